The molecule has 0 fully saturated rings. The van der Waals surface area contributed by atoms with Gasteiger partial charge in [0.1, 0.15) is 5.75 Å². The fourth-order valence-corrected chi connectivity index (χ4v) is 3.24. The van der Waals surface area contributed by atoms with Crippen molar-refractivity contribution in [3.05, 3.63) is 44.8 Å². The molecule has 0 saturated carbocycles. The molecule has 0 saturated heterocycles. The smallest absolute Gasteiger partial charge is 0.120 e. The second kappa shape index (κ2) is 7.20. The van der Waals surface area contributed by atoms with Crippen LogP contribution in [0.3, 0.4) is 0 Å². The lowest BCUT2D eigenvalue weighted by molar-refractivity contribution is 0.436. The average molecular weight is 355 g/mol. The number of rotatable bonds is 6. The van der Waals surface area contributed by atoms with Crippen LogP contribution in [-0.4, -0.2) is 16.6 Å². The molecule has 3 nitrogen and oxygen atoms in total. The molecule has 2 atom stereocenters. The highest BCUT2D eigenvalue weighted by atomic mass is 79.9. The third-order valence-electron chi connectivity index (χ3n) is 3.32. The summed E-state index contributed by atoms with van der Waals surface area (Å²) in [6.07, 6.45) is 2.77. The summed E-state index contributed by atoms with van der Waals surface area (Å²) in [6.45, 7) is 5.13. The minimum atomic E-state index is 0.148. The van der Waals surface area contributed by atoms with Crippen LogP contribution in [0.5, 0.6) is 5.75 Å². The van der Waals surface area contributed by atoms with Crippen LogP contribution < -0.4 is 5.32 Å². The van der Waals surface area contributed by atoms with Crippen LogP contribution in [0, 0.1) is 0 Å². The third kappa shape index (κ3) is 3.81. The number of hydrogen-bond donors (Lipinski definition) is 2. The molecule has 0 bridgehead atoms. The Hall–Kier alpha value is -0.910. The van der Waals surface area contributed by atoms with Crippen molar-refractivity contribution >= 4 is 27.3 Å². The summed E-state index contributed by atoms with van der Waals surface area (Å²) in [5.74, 6) is 0.716. The zero-order valence-corrected chi connectivity index (χ0v) is 14.0. The Morgan fingerprint density at radius 3 is 2.90 bits per heavy atom. The molecule has 108 valence electrons. The Kier molecular flexibility index (Phi) is 5.57. The molecular weight excluding hydrogens is 336 g/mol. The van der Waals surface area contributed by atoms with Gasteiger partial charge in [-0.2, -0.15) is 0 Å². The standard InChI is InChI=1S/C15H19BrN2OS/c1-3-13(12-8-11(16)4-5-14(12)19)18-9-10(2)15-17-6-7-20-15/h4-8,10,13,18-19H,3,9H2,1-2H3. The Morgan fingerprint density at radius 1 is 1.45 bits per heavy atom. The number of phenols is 1. The maximum Gasteiger partial charge on any atom is 0.120 e. The highest BCUT2D eigenvalue weighted by Gasteiger charge is 2.16. The summed E-state index contributed by atoms with van der Waals surface area (Å²) >= 11 is 5.14. The molecule has 20 heavy (non-hydrogen) atoms. The number of aromatic hydroxyl groups is 1. The molecule has 0 aliphatic carbocycles. The lowest BCUT2D eigenvalue weighted by atomic mass is 10.0. The number of halogens is 1. The van der Waals surface area contributed by atoms with E-state index in [-0.39, 0.29) is 6.04 Å². The quantitative estimate of drug-likeness (QED) is 0.804. The number of hydrogen-bond acceptors (Lipinski definition) is 4. The van der Waals surface area contributed by atoms with Crippen molar-refractivity contribution in [2.24, 2.45) is 0 Å². The Balaban J connectivity index is 2.04. The minimum absolute atomic E-state index is 0.148. The van der Waals surface area contributed by atoms with Crippen LogP contribution >= 0.6 is 27.3 Å². The number of phenolic OH excluding ortho intramolecular Hbond substituents is 1. The van der Waals surface area contributed by atoms with Crippen molar-refractivity contribution in [3.8, 4) is 5.75 Å². The van der Waals surface area contributed by atoms with E-state index in [1.54, 1.807) is 17.4 Å². The molecule has 5 heteroatoms. The lowest BCUT2D eigenvalue weighted by Gasteiger charge is -2.20. The second-order valence-electron chi connectivity index (χ2n) is 4.84. The van der Waals surface area contributed by atoms with Crippen molar-refractivity contribution in [2.45, 2.75) is 32.2 Å². The zero-order valence-electron chi connectivity index (χ0n) is 11.6. The van der Waals surface area contributed by atoms with Gasteiger partial charge >= 0.3 is 0 Å². The van der Waals surface area contributed by atoms with Crippen molar-refractivity contribution < 1.29 is 5.11 Å². The van der Waals surface area contributed by atoms with E-state index in [0.717, 1.165) is 28.0 Å². The van der Waals surface area contributed by atoms with Crippen molar-refractivity contribution in [2.75, 3.05) is 6.54 Å². The van der Waals surface area contributed by atoms with Gasteiger partial charge in [0.25, 0.3) is 0 Å². The minimum Gasteiger partial charge on any atom is -0.508 e. The van der Waals surface area contributed by atoms with Gasteiger partial charge in [-0.25, -0.2) is 4.98 Å². The molecule has 0 radical (unpaired) electrons. The summed E-state index contributed by atoms with van der Waals surface area (Å²) in [7, 11) is 0. The monoisotopic (exact) mass is 354 g/mol. The molecule has 1 heterocycles. The fourth-order valence-electron chi connectivity index (χ4n) is 2.16. The summed E-state index contributed by atoms with van der Waals surface area (Å²) in [5.41, 5.74) is 0.938. The van der Waals surface area contributed by atoms with Crippen molar-refractivity contribution in [1.29, 1.82) is 0 Å². The zero-order chi connectivity index (χ0) is 14.5. The van der Waals surface area contributed by atoms with Gasteiger partial charge in [0.2, 0.25) is 0 Å². The predicted octanol–water partition coefficient (Wildman–Crippen LogP) is 4.46. The first-order chi connectivity index (χ1) is 9.61. The molecule has 0 amide bonds. The largest absolute Gasteiger partial charge is 0.508 e. The van der Waals surface area contributed by atoms with Crippen LogP contribution in [0.1, 0.15) is 42.8 Å². The van der Waals surface area contributed by atoms with Gasteiger partial charge < -0.3 is 10.4 Å². The third-order valence-corrected chi connectivity index (χ3v) is 4.82. The number of aromatic nitrogens is 1. The average Bonchev–Trinajstić information content (AvgIpc) is 2.97. The summed E-state index contributed by atoms with van der Waals surface area (Å²) in [6, 6.07) is 5.71. The Morgan fingerprint density at radius 2 is 2.25 bits per heavy atom. The van der Waals surface area contributed by atoms with E-state index in [9.17, 15) is 5.11 Å². The topological polar surface area (TPSA) is 45.2 Å². The van der Waals surface area contributed by atoms with Gasteiger partial charge in [-0.05, 0) is 24.6 Å². The molecule has 1 aromatic carbocycles. The van der Waals surface area contributed by atoms with E-state index in [2.05, 4.69) is 40.1 Å². The van der Waals surface area contributed by atoms with Crippen LogP contribution in [0.15, 0.2) is 34.2 Å². The first kappa shape index (κ1) is 15.5. The lowest BCUT2D eigenvalue weighted by Crippen LogP contribution is -2.25. The van der Waals surface area contributed by atoms with Crippen molar-refractivity contribution in [1.82, 2.24) is 10.3 Å². The van der Waals surface area contributed by atoms with Gasteiger partial charge in [0, 0.05) is 40.1 Å². The molecule has 0 aliphatic rings. The van der Waals surface area contributed by atoms with E-state index < -0.39 is 0 Å². The van der Waals surface area contributed by atoms with E-state index in [4.69, 9.17) is 0 Å². The maximum absolute atomic E-state index is 10.0. The Labute approximate surface area is 132 Å². The van der Waals surface area contributed by atoms with Gasteiger partial charge in [0.15, 0.2) is 0 Å². The highest BCUT2D eigenvalue weighted by Crippen LogP contribution is 2.30. The van der Waals surface area contributed by atoms with E-state index in [1.807, 2.05) is 23.7 Å². The molecule has 2 aromatic rings. The van der Waals surface area contributed by atoms with Crippen LogP contribution in [0.2, 0.25) is 0 Å². The van der Waals surface area contributed by atoms with Gasteiger partial charge in [-0.15, -0.1) is 11.3 Å². The predicted molar refractivity (Wildman–Crippen MR) is 87.4 cm³/mol. The number of nitrogens with zero attached hydrogens (tertiary/aromatic N) is 1. The molecule has 2 unspecified atom stereocenters. The Bertz CT molecular complexity index is 545. The van der Waals surface area contributed by atoms with Gasteiger partial charge in [0.05, 0.1) is 5.01 Å². The van der Waals surface area contributed by atoms with Gasteiger partial charge in [-0.3, -0.25) is 0 Å². The first-order valence-electron chi connectivity index (χ1n) is 6.73. The number of nitrogens with one attached hydrogen (secondary N) is 1. The fraction of sp³-hybridized carbons (Fsp3) is 0.400. The van der Waals surface area contributed by atoms with Gasteiger partial charge in [-0.1, -0.05) is 29.8 Å². The van der Waals surface area contributed by atoms with Crippen molar-refractivity contribution in [3.63, 3.8) is 0 Å². The summed E-state index contributed by atoms with van der Waals surface area (Å²) < 4.78 is 0.985. The molecule has 1 aromatic heterocycles. The molecule has 0 spiro atoms. The second-order valence-corrected chi connectivity index (χ2v) is 6.69. The summed E-state index contributed by atoms with van der Waals surface area (Å²) in [5, 5.41) is 16.7. The number of thiazole rings is 1. The van der Waals surface area contributed by atoms with Crippen LogP contribution in [0.25, 0.3) is 0 Å². The van der Waals surface area contributed by atoms with Crippen LogP contribution in [0.4, 0.5) is 0 Å². The van der Waals surface area contributed by atoms with Crippen LogP contribution in [-0.2, 0) is 0 Å². The number of benzene rings is 1. The van der Waals surface area contributed by atoms with E-state index in [0.29, 0.717) is 11.7 Å². The SMILES string of the molecule is CCC(NCC(C)c1nccs1)c1cc(Br)ccc1O. The first-order valence-corrected chi connectivity index (χ1v) is 8.40. The molecule has 2 rings (SSSR count). The molecular formula is C15H19BrN2OS. The van der Waals surface area contributed by atoms with E-state index >= 15 is 0 Å². The normalized spacial score (nSPS) is 14.2. The highest BCUT2D eigenvalue weighted by molar-refractivity contribution is 9.10. The summed E-state index contributed by atoms with van der Waals surface area (Å²) in [4.78, 5) is 4.35. The van der Waals surface area contributed by atoms with E-state index in [1.165, 1.54) is 0 Å². The maximum atomic E-state index is 10.0. The molecule has 2 N–H and O–H groups in total. The molecule has 0 aliphatic heterocycles.